The number of hydrogen-bond acceptors (Lipinski definition) is 4. The van der Waals surface area contributed by atoms with Gasteiger partial charge in [-0.3, -0.25) is 9.69 Å². The van der Waals surface area contributed by atoms with Gasteiger partial charge in [0.05, 0.1) is 6.33 Å². The maximum Gasteiger partial charge on any atom is 0.271 e. The van der Waals surface area contributed by atoms with E-state index in [4.69, 9.17) is 11.6 Å². The van der Waals surface area contributed by atoms with Crippen molar-refractivity contribution in [1.82, 2.24) is 14.9 Å². The lowest BCUT2D eigenvalue weighted by molar-refractivity contribution is 0.192. The molecule has 1 aromatic rings. The minimum atomic E-state index is -0.285. The second kappa shape index (κ2) is 4.90. The molecule has 0 bridgehead atoms. The monoisotopic (exact) mass is 268 g/mol. The highest BCUT2D eigenvalue weighted by atomic mass is 35.5. The van der Waals surface area contributed by atoms with Crippen molar-refractivity contribution >= 4 is 17.4 Å². The Morgan fingerprint density at radius 2 is 2.28 bits per heavy atom. The second-order valence-electron chi connectivity index (χ2n) is 5.03. The molecule has 0 aromatic carbocycles. The standard InChI is InChI=1S/C12H17ClN4O/c13-10-11(14-7-15-12(10)18)16-8-4-6-17-5-2-1-3-9(8)17/h7-9H,1-6H2,(H2,14,15,16,18). The number of piperidine rings is 1. The number of nitrogens with one attached hydrogen (secondary N) is 2. The highest BCUT2D eigenvalue weighted by molar-refractivity contribution is 6.32. The van der Waals surface area contributed by atoms with Gasteiger partial charge in [-0.1, -0.05) is 18.0 Å². The zero-order valence-corrected chi connectivity index (χ0v) is 10.9. The first-order chi connectivity index (χ1) is 8.75. The first-order valence-corrected chi connectivity index (χ1v) is 6.87. The summed E-state index contributed by atoms with van der Waals surface area (Å²) in [6.07, 6.45) is 6.29. The van der Waals surface area contributed by atoms with Crippen molar-refractivity contribution in [1.29, 1.82) is 0 Å². The van der Waals surface area contributed by atoms with E-state index in [1.807, 2.05) is 0 Å². The van der Waals surface area contributed by atoms with Crippen LogP contribution in [0.3, 0.4) is 0 Å². The van der Waals surface area contributed by atoms with Crippen molar-refractivity contribution in [2.24, 2.45) is 0 Å². The molecule has 2 atom stereocenters. The van der Waals surface area contributed by atoms with E-state index in [1.165, 1.54) is 32.1 Å². The van der Waals surface area contributed by atoms with Crippen LogP contribution in [0, 0.1) is 0 Å². The summed E-state index contributed by atoms with van der Waals surface area (Å²) >= 11 is 5.96. The third-order valence-electron chi connectivity index (χ3n) is 3.97. The molecule has 2 aliphatic heterocycles. The molecule has 0 radical (unpaired) electrons. The predicted molar refractivity (Wildman–Crippen MR) is 71.1 cm³/mol. The van der Waals surface area contributed by atoms with Crippen LogP contribution in [0.15, 0.2) is 11.1 Å². The summed E-state index contributed by atoms with van der Waals surface area (Å²) in [7, 11) is 0. The fourth-order valence-electron chi connectivity index (χ4n) is 3.07. The average molecular weight is 269 g/mol. The summed E-state index contributed by atoms with van der Waals surface area (Å²) in [5, 5.41) is 3.50. The Hall–Kier alpha value is -1.07. The molecule has 0 saturated carbocycles. The number of rotatable bonds is 2. The van der Waals surface area contributed by atoms with Gasteiger partial charge in [0.15, 0.2) is 5.82 Å². The van der Waals surface area contributed by atoms with Crippen LogP contribution in [-0.4, -0.2) is 40.0 Å². The molecule has 0 aliphatic carbocycles. The van der Waals surface area contributed by atoms with E-state index >= 15 is 0 Å². The minimum absolute atomic E-state index is 0.159. The summed E-state index contributed by atoms with van der Waals surface area (Å²) < 4.78 is 0. The van der Waals surface area contributed by atoms with Crippen LogP contribution in [-0.2, 0) is 0 Å². The molecule has 0 spiro atoms. The van der Waals surface area contributed by atoms with Crippen molar-refractivity contribution in [2.75, 3.05) is 18.4 Å². The zero-order chi connectivity index (χ0) is 12.5. The van der Waals surface area contributed by atoms with E-state index in [0.29, 0.717) is 17.9 Å². The fraction of sp³-hybridized carbons (Fsp3) is 0.667. The number of anilines is 1. The molecule has 2 saturated heterocycles. The van der Waals surface area contributed by atoms with Crippen LogP contribution in [0.2, 0.25) is 5.02 Å². The number of fused-ring (bicyclic) bond motifs is 1. The first kappa shape index (κ1) is 12.0. The number of aromatic amines is 1. The Morgan fingerprint density at radius 1 is 1.39 bits per heavy atom. The smallest absolute Gasteiger partial charge is 0.271 e. The van der Waals surface area contributed by atoms with Crippen molar-refractivity contribution in [3.63, 3.8) is 0 Å². The number of nitrogens with zero attached hydrogens (tertiary/aromatic N) is 2. The largest absolute Gasteiger partial charge is 0.364 e. The Morgan fingerprint density at radius 3 is 3.17 bits per heavy atom. The van der Waals surface area contributed by atoms with Gasteiger partial charge in [0.2, 0.25) is 0 Å². The van der Waals surface area contributed by atoms with Gasteiger partial charge in [0, 0.05) is 18.6 Å². The third-order valence-corrected chi connectivity index (χ3v) is 4.33. The number of halogens is 1. The number of aromatic nitrogens is 2. The van der Waals surface area contributed by atoms with E-state index in [2.05, 4.69) is 20.2 Å². The summed E-state index contributed by atoms with van der Waals surface area (Å²) in [5.41, 5.74) is -0.285. The van der Waals surface area contributed by atoms with Crippen LogP contribution >= 0.6 is 11.6 Å². The lowest BCUT2D eigenvalue weighted by atomic mass is 9.99. The Labute approximate surface area is 111 Å². The van der Waals surface area contributed by atoms with Crippen LogP contribution in [0.4, 0.5) is 5.82 Å². The molecule has 3 rings (SSSR count). The lowest BCUT2D eigenvalue weighted by Gasteiger charge is -2.32. The first-order valence-electron chi connectivity index (χ1n) is 6.49. The van der Waals surface area contributed by atoms with E-state index in [0.717, 1.165) is 13.0 Å². The molecular weight excluding hydrogens is 252 g/mol. The molecule has 2 unspecified atom stereocenters. The highest BCUT2D eigenvalue weighted by Gasteiger charge is 2.35. The van der Waals surface area contributed by atoms with E-state index in [1.54, 1.807) is 0 Å². The maximum absolute atomic E-state index is 11.4. The maximum atomic E-state index is 11.4. The van der Waals surface area contributed by atoms with Crippen LogP contribution < -0.4 is 10.9 Å². The zero-order valence-electron chi connectivity index (χ0n) is 10.2. The summed E-state index contributed by atoms with van der Waals surface area (Å²) in [6, 6.07) is 0.924. The van der Waals surface area contributed by atoms with E-state index in [-0.39, 0.29) is 10.6 Å². The van der Waals surface area contributed by atoms with Gasteiger partial charge in [-0.2, -0.15) is 0 Å². The minimum Gasteiger partial charge on any atom is -0.364 e. The van der Waals surface area contributed by atoms with Gasteiger partial charge in [0.1, 0.15) is 5.02 Å². The quantitative estimate of drug-likeness (QED) is 0.853. The SMILES string of the molecule is O=c1[nH]cnc(NC2CCN3CCCCC23)c1Cl. The molecule has 98 valence electrons. The highest BCUT2D eigenvalue weighted by Crippen LogP contribution is 2.29. The van der Waals surface area contributed by atoms with Crippen LogP contribution in [0.25, 0.3) is 0 Å². The molecule has 6 heteroatoms. The molecule has 0 amide bonds. The predicted octanol–water partition coefficient (Wildman–Crippen LogP) is 1.46. The number of H-pyrrole nitrogens is 1. The molecule has 2 aliphatic rings. The molecule has 1 aromatic heterocycles. The van der Waals surface area contributed by atoms with Gasteiger partial charge < -0.3 is 10.3 Å². The fourth-order valence-corrected chi connectivity index (χ4v) is 3.23. The van der Waals surface area contributed by atoms with Gasteiger partial charge in [-0.15, -0.1) is 0 Å². The second-order valence-corrected chi connectivity index (χ2v) is 5.41. The molecule has 5 nitrogen and oxygen atoms in total. The normalized spacial score (nSPS) is 28.1. The van der Waals surface area contributed by atoms with Gasteiger partial charge in [-0.05, 0) is 25.8 Å². The molecular formula is C12H17ClN4O. The topological polar surface area (TPSA) is 61.0 Å². The Bertz CT molecular complexity index is 489. The van der Waals surface area contributed by atoms with Crippen LogP contribution in [0.5, 0.6) is 0 Å². The Balaban J connectivity index is 1.76. The summed E-state index contributed by atoms with van der Waals surface area (Å²) in [6.45, 7) is 2.32. The molecule has 3 heterocycles. The van der Waals surface area contributed by atoms with E-state index < -0.39 is 0 Å². The molecule has 18 heavy (non-hydrogen) atoms. The Kier molecular flexibility index (Phi) is 3.26. The van der Waals surface area contributed by atoms with Crippen molar-refractivity contribution < 1.29 is 0 Å². The summed E-state index contributed by atoms with van der Waals surface area (Å²) in [4.78, 5) is 20.5. The lowest BCUT2D eigenvalue weighted by Crippen LogP contribution is -2.42. The molecule has 2 N–H and O–H groups in total. The van der Waals surface area contributed by atoms with Crippen LogP contribution in [0.1, 0.15) is 25.7 Å². The number of hydrogen-bond donors (Lipinski definition) is 2. The summed E-state index contributed by atoms with van der Waals surface area (Å²) in [5.74, 6) is 0.512. The molecule has 2 fully saturated rings. The van der Waals surface area contributed by atoms with Gasteiger partial charge in [-0.25, -0.2) is 4.98 Å². The van der Waals surface area contributed by atoms with Crippen molar-refractivity contribution in [2.45, 2.75) is 37.8 Å². The van der Waals surface area contributed by atoms with Crippen molar-refractivity contribution in [3.05, 3.63) is 21.7 Å². The van der Waals surface area contributed by atoms with Crippen molar-refractivity contribution in [3.8, 4) is 0 Å². The van der Waals surface area contributed by atoms with Gasteiger partial charge >= 0.3 is 0 Å². The average Bonchev–Trinajstić information content (AvgIpc) is 2.79. The van der Waals surface area contributed by atoms with Gasteiger partial charge in [0.25, 0.3) is 5.56 Å². The van der Waals surface area contributed by atoms with E-state index in [9.17, 15) is 4.79 Å². The third kappa shape index (κ3) is 2.12.